The number of hydrogen-bond donors (Lipinski definition) is 1. The molecule has 1 amide bonds. The van der Waals surface area contributed by atoms with Gasteiger partial charge < -0.3 is 9.47 Å². The van der Waals surface area contributed by atoms with E-state index in [-0.39, 0.29) is 5.91 Å². The van der Waals surface area contributed by atoms with Gasteiger partial charge in [0.2, 0.25) is 0 Å². The first-order chi connectivity index (χ1) is 13.4. The van der Waals surface area contributed by atoms with Crippen LogP contribution in [-0.2, 0) is 11.2 Å². The van der Waals surface area contributed by atoms with Gasteiger partial charge in [0.1, 0.15) is 11.5 Å². The van der Waals surface area contributed by atoms with Gasteiger partial charge in [-0.1, -0.05) is 29.3 Å². The summed E-state index contributed by atoms with van der Waals surface area (Å²) < 4.78 is 10.8. The van der Waals surface area contributed by atoms with Crippen LogP contribution in [0.2, 0.25) is 10.0 Å². The molecule has 146 valence electrons. The van der Waals surface area contributed by atoms with E-state index in [4.69, 9.17) is 32.7 Å². The van der Waals surface area contributed by atoms with E-state index in [2.05, 4.69) is 10.3 Å². The number of ether oxygens (including phenoxy) is 2. The Bertz CT molecular complexity index is 960. The highest BCUT2D eigenvalue weighted by Gasteiger charge is 2.16. The molecule has 2 aromatic carbocycles. The maximum absolute atomic E-state index is 12.4. The van der Waals surface area contributed by atoms with Crippen molar-refractivity contribution in [2.75, 3.05) is 12.4 Å². The number of carbonyl (C=O) groups excluding carboxylic acids is 1. The smallest absolute Gasteiger partial charge is 0.266 e. The maximum Gasteiger partial charge on any atom is 0.266 e. The fraction of sp³-hybridized carbons (Fsp3) is 0.200. The molecule has 0 aliphatic heterocycles. The van der Waals surface area contributed by atoms with Gasteiger partial charge in [-0.05, 0) is 48.9 Å². The molecule has 1 unspecified atom stereocenters. The van der Waals surface area contributed by atoms with Crippen LogP contribution in [0.5, 0.6) is 11.5 Å². The number of aromatic nitrogens is 1. The number of thiazole rings is 1. The largest absolute Gasteiger partial charge is 0.497 e. The molecule has 1 N–H and O–H groups in total. The molecule has 3 rings (SSSR count). The van der Waals surface area contributed by atoms with Gasteiger partial charge in [0.25, 0.3) is 5.91 Å². The Morgan fingerprint density at radius 2 is 1.86 bits per heavy atom. The number of carbonyl (C=O) groups is 1. The number of rotatable bonds is 7. The Morgan fingerprint density at radius 1 is 1.14 bits per heavy atom. The second kappa shape index (κ2) is 9.28. The Morgan fingerprint density at radius 3 is 2.54 bits per heavy atom. The summed E-state index contributed by atoms with van der Waals surface area (Å²) in [6, 6.07) is 12.6. The first kappa shape index (κ1) is 20.5. The Labute approximate surface area is 177 Å². The van der Waals surface area contributed by atoms with Crippen LogP contribution < -0.4 is 14.8 Å². The van der Waals surface area contributed by atoms with Crippen molar-refractivity contribution in [1.29, 1.82) is 0 Å². The van der Waals surface area contributed by atoms with E-state index in [9.17, 15) is 4.79 Å². The zero-order chi connectivity index (χ0) is 20.1. The van der Waals surface area contributed by atoms with Gasteiger partial charge in [-0.3, -0.25) is 10.1 Å². The molecular weight excluding hydrogens is 419 g/mol. The van der Waals surface area contributed by atoms with Crippen LogP contribution in [0.3, 0.4) is 0 Å². The minimum atomic E-state index is -0.671. The molecule has 0 fully saturated rings. The van der Waals surface area contributed by atoms with Crippen LogP contribution >= 0.6 is 34.5 Å². The molecular formula is C20H18Cl2N2O3S. The number of amides is 1. The highest BCUT2D eigenvalue weighted by Crippen LogP contribution is 2.26. The van der Waals surface area contributed by atoms with Crippen molar-refractivity contribution in [2.45, 2.75) is 19.4 Å². The molecule has 1 atom stereocenters. The summed E-state index contributed by atoms with van der Waals surface area (Å²) in [6.07, 6.45) is 1.72. The van der Waals surface area contributed by atoms with Crippen molar-refractivity contribution in [1.82, 2.24) is 4.98 Å². The standard InChI is InChI=1S/C20H18Cl2N2O3S/c1-12(27-15-6-4-14(26-2)5-7-15)19(25)24-20-23-11-16(28-20)9-13-3-8-17(21)18(22)10-13/h3-8,10-12H,9H2,1-2H3,(H,23,24,25). The van der Waals surface area contributed by atoms with Crippen LogP contribution in [-0.4, -0.2) is 24.1 Å². The van der Waals surface area contributed by atoms with Crippen LogP contribution in [0.1, 0.15) is 17.4 Å². The quantitative estimate of drug-likeness (QED) is 0.534. The molecule has 0 radical (unpaired) electrons. The molecule has 0 saturated carbocycles. The number of nitrogens with one attached hydrogen (secondary N) is 1. The topological polar surface area (TPSA) is 60.5 Å². The van der Waals surface area contributed by atoms with Gasteiger partial charge in [-0.2, -0.15) is 0 Å². The van der Waals surface area contributed by atoms with Crippen molar-refractivity contribution in [2.24, 2.45) is 0 Å². The molecule has 0 spiro atoms. The van der Waals surface area contributed by atoms with Gasteiger partial charge in [-0.15, -0.1) is 11.3 Å². The van der Waals surface area contributed by atoms with Gasteiger partial charge in [0.05, 0.1) is 17.2 Å². The Balaban J connectivity index is 1.57. The lowest BCUT2D eigenvalue weighted by Gasteiger charge is -2.13. The zero-order valence-corrected chi connectivity index (χ0v) is 17.6. The summed E-state index contributed by atoms with van der Waals surface area (Å²) in [5.41, 5.74) is 1.02. The summed E-state index contributed by atoms with van der Waals surface area (Å²) in [7, 11) is 1.59. The normalized spacial score (nSPS) is 11.7. The van der Waals surface area contributed by atoms with Gasteiger partial charge in [-0.25, -0.2) is 4.98 Å². The first-order valence-corrected chi connectivity index (χ1v) is 10.0. The Kier molecular flexibility index (Phi) is 6.78. The predicted octanol–water partition coefficient (Wildman–Crippen LogP) is 5.46. The lowest BCUT2D eigenvalue weighted by Crippen LogP contribution is -2.30. The van der Waals surface area contributed by atoms with Crippen molar-refractivity contribution in [3.05, 3.63) is 69.1 Å². The van der Waals surface area contributed by atoms with Crippen molar-refractivity contribution >= 4 is 45.6 Å². The Hall–Kier alpha value is -2.28. The van der Waals surface area contributed by atoms with E-state index in [1.54, 1.807) is 50.6 Å². The average molecular weight is 437 g/mol. The molecule has 0 aliphatic carbocycles. The minimum absolute atomic E-state index is 0.272. The fourth-order valence-corrected chi connectivity index (χ4v) is 3.59. The van der Waals surface area contributed by atoms with Gasteiger partial charge in [0.15, 0.2) is 11.2 Å². The molecule has 5 nitrogen and oxygen atoms in total. The number of hydrogen-bond acceptors (Lipinski definition) is 5. The molecule has 0 aliphatic rings. The van der Waals surface area contributed by atoms with Crippen LogP contribution in [0.25, 0.3) is 0 Å². The van der Waals surface area contributed by atoms with Crippen LogP contribution in [0.4, 0.5) is 5.13 Å². The van der Waals surface area contributed by atoms with E-state index < -0.39 is 6.10 Å². The van der Waals surface area contributed by atoms with E-state index in [0.29, 0.717) is 27.3 Å². The van der Waals surface area contributed by atoms with Crippen molar-refractivity contribution in [3.63, 3.8) is 0 Å². The fourth-order valence-electron chi connectivity index (χ4n) is 2.42. The number of methoxy groups -OCH3 is 1. The van der Waals surface area contributed by atoms with Crippen molar-refractivity contribution < 1.29 is 14.3 Å². The second-order valence-electron chi connectivity index (χ2n) is 5.98. The molecule has 0 saturated heterocycles. The molecule has 28 heavy (non-hydrogen) atoms. The van der Waals surface area contributed by atoms with Crippen LogP contribution in [0.15, 0.2) is 48.7 Å². The van der Waals surface area contributed by atoms with Crippen molar-refractivity contribution in [3.8, 4) is 11.5 Å². The predicted molar refractivity (Wildman–Crippen MR) is 113 cm³/mol. The summed E-state index contributed by atoms with van der Waals surface area (Å²) >= 11 is 13.4. The molecule has 8 heteroatoms. The van der Waals surface area contributed by atoms with Gasteiger partial charge in [0, 0.05) is 17.5 Å². The second-order valence-corrected chi connectivity index (χ2v) is 7.91. The summed E-state index contributed by atoms with van der Waals surface area (Å²) in [5, 5.41) is 4.34. The monoisotopic (exact) mass is 436 g/mol. The van der Waals surface area contributed by atoms with Crippen LogP contribution in [0, 0.1) is 0 Å². The first-order valence-electron chi connectivity index (χ1n) is 8.45. The highest BCUT2D eigenvalue weighted by atomic mass is 35.5. The third kappa shape index (κ3) is 5.38. The lowest BCUT2D eigenvalue weighted by atomic mass is 10.1. The van der Waals surface area contributed by atoms with E-state index in [0.717, 1.165) is 16.2 Å². The molecule has 1 heterocycles. The minimum Gasteiger partial charge on any atom is -0.497 e. The lowest BCUT2D eigenvalue weighted by molar-refractivity contribution is -0.122. The number of anilines is 1. The molecule has 0 bridgehead atoms. The average Bonchev–Trinajstić information content (AvgIpc) is 3.12. The number of nitrogens with zero attached hydrogens (tertiary/aromatic N) is 1. The number of benzene rings is 2. The van der Waals surface area contributed by atoms with E-state index in [1.807, 2.05) is 12.1 Å². The van der Waals surface area contributed by atoms with E-state index >= 15 is 0 Å². The van der Waals surface area contributed by atoms with E-state index in [1.165, 1.54) is 11.3 Å². The zero-order valence-electron chi connectivity index (χ0n) is 15.2. The third-order valence-electron chi connectivity index (χ3n) is 3.89. The SMILES string of the molecule is COc1ccc(OC(C)C(=O)Nc2ncc(Cc3ccc(Cl)c(Cl)c3)s2)cc1. The summed E-state index contributed by atoms with van der Waals surface area (Å²) in [6.45, 7) is 1.68. The molecule has 1 aromatic heterocycles. The number of halogens is 2. The highest BCUT2D eigenvalue weighted by molar-refractivity contribution is 7.15. The van der Waals surface area contributed by atoms with Gasteiger partial charge >= 0.3 is 0 Å². The summed E-state index contributed by atoms with van der Waals surface area (Å²) in [4.78, 5) is 17.6. The maximum atomic E-state index is 12.4. The molecule has 3 aromatic rings. The summed E-state index contributed by atoms with van der Waals surface area (Å²) in [5.74, 6) is 1.04. The third-order valence-corrected chi connectivity index (χ3v) is 5.54.